The fourth-order valence-corrected chi connectivity index (χ4v) is 2.02. The van der Waals surface area contributed by atoms with E-state index in [1.807, 2.05) is 0 Å². The van der Waals surface area contributed by atoms with Crippen molar-refractivity contribution in [1.29, 1.82) is 0 Å². The van der Waals surface area contributed by atoms with Crippen LogP contribution >= 0.6 is 12.6 Å². The van der Waals surface area contributed by atoms with Crippen LogP contribution in [-0.4, -0.2) is 70.1 Å². The van der Waals surface area contributed by atoms with Gasteiger partial charge in [0, 0.05) is 6.61 Å². The van der Waals surface area contributed by atoms with Gasteiger partial charge in [0.15, 0.2) is 6.29 Å². The van der Waals surface area contributed by atoms with Crippen LogP contribution in [0.5, 0.6) is 0 Å². The van der Waals surface area contributed by atoms with Crippen LogP contribution in [-0.2, 0) is 9.47 Å². The molecule has 0 bridgehead atoms. The maximum atomic E-state index is 9.67. The van der Waals surface area contributed by atoms with Crippen molar-refractivity contribution >= 4 is 12.6 Å². The molecule has 1 aliphatic heterocycles. The molecular formula is C11H22O6S. The fraction of sp³-hybridized carbons (Fsp3) is 1.00. The molecule has 2 unspecified atom stereocenters. The SMILES string of the molecule is OCC1O[C@H](OCCCCCS)C(O)[C@@H](O)[C@@H]1O. The van der Waals surface area contributed by atoms with Crippen LogP contribution in [0.3, 0.4) is 0 Å². The van der Waals surface area contributed by atoms with Crippen molar-refractivity contribution in [3.05, 3.63) is 0 Å². The third kappa shape index (κ3) is 4.34. The number of aliphatic hydroxyl groups excluding tert-OH is 4. The van der Waals surface area contributed by atoms with Crippen LogP contribution in [0.2, 0.25) is 0 Å². The predicted octanol–water partition coefficient (Wildman–Crippen LogP) is -1.10. The van der Waals surface area contributed by atoms with Crippen LogP contribution in [0.1, 0.15) is 19.3 Å². The first-order valence-electron chi connectivity index (χ1n) is 6.14. The zero-order chi connectivity index (χ0) is 13.5. The smallest absolute Gasteiger partial charge is 0.186 e. The maximum absolute atomic E-state index is 9.67. The van der Waals surface area contributed by atoms with Crippen LogP contribution < -0.4 is 0 Å². The lowest BCUT2D eigenvalue weighted by Crippen LogP contribution is -2.59. The molecule has 0 spiro atoms. The van der Waals surface area contributed by atoms with Gasteiger partial charge in [-0.05, 0) is 18.6 Å². The molecule has 18 heavy (non-hydrogen) atoms. The van der Waals surface area contributed by atoms with Crippen LogP contribution in [0, 0.1) is 0 Å². The zero-order valence-electron chi connectivity index (χ0n) is 10.2. The Morgan fingerprint density at radius 2 is 1.72 bits per heavy atom. The molecule has 0 aromatic carbocycles. The van der Waals surface area contributed by atoms with Gasteiger partial charge in [-0.15, -0.1) is 0 Å². The lowest BCUT2D eigenvalue weighted by Gasteiger charge is -2.39. The van der Waals surface area contributed by atoms with Crippen molar-refractivity contribution in [2.75, 3.05) is 19.0 Å². The van der Waals surface area contributed by atoms with Gasteiger partial charge in [-0.25, -0.2) is 0 Å². The first-order valence-corrected chi connectivity index (χ1v) is 6.78. The normalized spacial score (nSPS) is 36.8. The number of hydrogen-bond donors (Lipinski definition) is 5. The summed E-state index contributed by atoms with van der Waals surface area (Å²) < 4.78 is 10.5. The predicted molar refractivity (Wildman–Crippen MR) is 67.4 cm³/mol. The second-order valence-corrected chi connectivity index (χ2v) is 4.80. The highest BCUT2D eigenvalue weighted by molar-refractivity contribution is 7.80. The van der Waals surface area contributed by atoms with E-state index in [0.29, 0.717) is 6.61 Å². The van der Waals surface area contributed by atoms with Crippen LogP contribution in [0.25, 0.3) is 0 Å². The largest absolute Gasteiger partial charge is 0.394 e. The summed E-state index contributed by atoms with van der Waals surface area (Å²) in [7, 11) is 0. The van der Waals surface area contributed by atoms with Crippen molar-refractivity contribution in [2.45, 2.75) is 50.0 Å². The molecule has 0 amide bonds. The molecule has 0 aliphatic carbocycles. The fourth-order valence-electron chi connectivity index (χ4n) is 1.80. The molecule has 6 nitrogen and oxygen atoms in total. The quantitative estimate of drug-likeness (QED) is 0.300. The summed E-state index contributed by atoms with van der Waals surface area (Å²) in [5.74, 6) is 0.819. The molecule has 4 N–H and O–H groups in total. The minimum Gasteiger partial charge on any atom is -0.394 e. The summed E-state index contributed by atoms with van der Waals surface area (Å²) in [5.41, 5.74) is 0. The van der Waals surface area contributed by atoms with E-state index < -0.39 is 37.3 Å². The highest BCUT2D eigenvalue weighted by Gasteiger charge is 2.43. The molecule has 0 saturated carbocycles. The maximum Gasteiger partial charge on any atom is 0.186 e. The Bertz CT molecular complexity index is 228. The van der Waals surface area contributed by atoms with E-state index in [4.69, 9.17) is 14.6 Å². The van der Waals surface area contributed by atoms with Gasteiger partial charge >= 0.3 is 0 Å². The monoisotopic (exact) mass is 282 g/mol. The van der Waals surface area contributed by atoms with E-state index in [0.717, 1.165) is 25.0 Å². The van der Waals surface area contributed by atoms with E-state index in [9.17, 15) is 15.3 Å². The Hall–Kier alpha value is 0.110. The van der Waals surface area contributed by atoms with Gasteiger partial charge in [0.25, 0.3) is 0 Å². The van der Waals surface area contributed by atoms with Gasteiger partial charge in [0.1, 0.15) is 24.4 Å². The molecule has 1 rings (SSSR count). The molecule has 7 heteroatoms. The number of ether oxygens (including phenoxy) is 2. The van der Waals surface area contributed by atoms with Gasteiger partial charge in [-0.2, -0.15) is 12.6 Å². The highest BCUT2D eigenvalue weighted by Crippen LogP contribution is 2.22. The lowest BCUT2D eigenvalue weighted by atomic mass is 9.99. The Balaban J connectivity index is 2.35. The second kappa shape index (κ2) is 8.31. The lowest BCUT2D eigenvalue weighted by molar-refractivity contribution is -0.301. The molecular weight excluding hydrogens is 260 g/mol. The van der Waals surface area contributed by atoms with Crippen molar-refractivity contribution in [1.82, 2.24) is 0 Å². The third-order valence-corrected chi connectivity index (χ3v) is 3.25. The van der Waals surface area contributed by atoms with Gasteiger partial charge < -0.3 is 29.9 Å². The zero-order valence-corrected chi connectivity index (χ0v) is 11.1. The molecule has 0 radical (unpaired) electrons. The van der Waals surface area contributed by atoms with Gasteiger partial charge in [0.05, 0.1) is 6.61 Å². The highest BCUT2D eigenvalue weighted by atomic mass is 32.1. The van der Waals surface area contributed by atoms with E-state index in [-0.39, 0.29) is 0 Å². The van der Waals surface area contributed by atoms with E-state index in [1.165, 1.54) is 0 Å². The number of rotatable bonds is 7. The Morgan fingerprint density at radius 1 is 1.00 bits per heavy atom. The van der Waals surface area contributed by atoms with Crippen LogP contribution in [0.15, 0.2) is 0 Å². The molecule has 1 fully saturated rings. The van der Waals surface area contributed by atoms with Gasteiger partial charge in [-0.3, -0.25) is 0 Å². The second-order valence-electron chi connectivity index (χ2n) is 4.35. The standard InChI is InChI=1S/C11H22O6S/c12-6-7-8(13)9(14)10(15)11(17-7)16-4-2-1-3-5-18/h7-15,18H,1-6H2/t7?,8-,9+,10?,11+/m1/s1. The average Bonchev–Trinajstić information content (AvgIpc) is 2.38. The summed E-state index contributed by atoms with van der Waals surface area (Å²) in [5, 5.41) is 37.7. The summed E-state index contributed by atoms with van der Waals surface area (Å²) in [6.07, 6.45) is -3.21. The van der Waals surface area contributed by atoms with E-state index in [2.05, 4.69) is 12.6 Å². The Labute approximate surface area is 112 Å². The molecule has 1 heterocycles. The third-order valence-electron chi connectivity index (χ3n) is 2.93. The first kappa shape index (κ1) is 16.2. The summed E-state index contributed by atoms with van der Waals surface area (Å²) in [4.78, 5) is 0. The number of thiol groups is 1. The summed E-state index contributed by atoms with van der Waals surface area (Å²) in [6.45, 7) is -0.0546. The molecule has 5 atom stereocenters. The minimum absolute atomic E-state index is 0.385. The van der Waals surface area contributed by atoms with Crippen molar-refractivity contribution in [3.63, 3.8) is 0 Å². The molecule has 0 aromatic heterocycles. The van der Waals surface area contributed by atoms with Crippen LogP contribution in [0.4, 0.5) is 0 Å². The first-order chi connectivity index (χ1) is 8.61. The van der Waals surface area contributed by atoms with Crippen molar-refractivity contribution in [2.24, 2.45) is 0 Å². The van der Waals surface area contributed by atoms with Gasteiger partial charge in [0.2, 0.25) is 0 Å². The summed E-state index contributed by atoms with van der Waals surface area (Å²) >= 11 is 4.09. The summed E-state index contributed by atoms with van der Waals surface area (Å²) in [6, 6.07) is 0. The number of aliphatic hydroxyl groups is 4. The van der Waals surface area contributed by atoms with Crippen molar-refractivity contribution in [3.8, 4) is 0 Å². The van der Waals surface area contributed by atoms with E-state index >= 15 is 0 Å². The molecule has 1 aliphatic rings. The minimum atomic E-state index is -1.38. The van der Waals surface area contributed by atoms with E-state index in [1.54, 1.807) is 0 Å². The topological polar surface area (TPSA) is 99.4 Å². The van der Waals surface area contributed by atoms with Gasteiger partial charge in [-0.1, -0.05) is 6.42 Å². The number of unbranched alkanes of at least 4 members (excludes halogenated alkanes) is 2. The van der Waals surface area contributed by atoms with Crippen molar-refractivity contribution < 1.29 is 29.9 Å². The molecule has 0 aromatic rings. The average molecular weight is 282 g/mol. The Morgan fingerprint density at radius 3 is 2.33 bits per heavy atom. The Kier molecular flexibility index (Phi) is 7.47. The number of hydrogen-bond acceptors (Lipinski definition) is 7. The molecule has 1 saturated heterocycles. The molecule has 108 valence electrons.